The highest BCUT2D eigenvalue weighted by atomic mass is 35.7. The van der Waals surface area contributed by atoms with Gasteiger partial charge in [-0.1, -0.05) is 6.07 Å². The zero-order valence-electron chi connectivity index (χ0n) is 11.9. The minimum Gasteiger partial charge on any atom is -0.378 e. The molecule has 7 heteroatoms. The molecule has 0 aliphatic carbocycles. The zero-order chi connectivity index (χ0) is 15.6. The molecule has 2 unspecified atom stereocenters. The molecule has 1 heterocycles. The average Bonchev–Trinajstić information content (AvgIpc) is 2.80. The van der Waals surface area contributed by atoms with Crippen LogP contribution in [0.1, 0.15) is 29.3 Å². The van der Waals surface area contributed by atoms with Gasteiger partial charge >= 0.3 is 0 Å². The third kappa shape index (κ3) is 3.96. The molecule has 1 aromatic rings. The van der Waals surface area contributed by atoms with Crippen LogP contribution in [0.25, 0.3) is 0 Å². The second kappa shape index (κ2) is 6.34. The van der Waals surface area contributed by atoms with Gasteiger partial charge in [0, 0.05) is 35.3 Å². The van der Waals surface area contributed by atoms with Gasteiger partial charge in [-0.2, -0.15) is 0 Å². The Morgan fingerprint density at radius 3 is 2.76 bits per heavy atom. The Hall–Kier alpha value is -1.11. The van der Waals surface area contributed by atoms with Crippen molar-refractivity contribution < 1.29 is 17.9 Å². The fourth-order valence-corrected chi connectivity index (χ4v) is 3.14. The number of carbonyl (C=O) groups is 1. The number of ether oxygens (including phenoxy) is 1. The van der Waals surface area contributed by atoms with Gasteiger partial charge in [-0.05, 0) is 38.0 Å². The molecule has 21 heavy (non-hydrogen) atoms. The number of rotatable bonds is 4. The maximum absolute atomic E-state index is 12.2. The summed E-state index contributed by atoms with van der Waals surface area (Å²) in [5, 5.41) is 2.83. The van der Waals surface area contributed by atoms with E-state index in [2.05, 4.69) is 5.32 Å². The minimum absolute atomic E-state index is 0.0718. The second-order valence-electron chi connectivity index (χ2n) is 5.25. The van der Waals surface area contributed by atoms with E-state index in [1.807, 2.05) is 6.92 Å². The van der Waals surface area contributed by atoms with Gasteiger partial charge in [-0.15, -0.1) is 0 Å². The van der Waals surface area contributed by atoms with Gasteiger partial charge < -0.3 is 10.1 Å². The van der Waals surface area contributed by atoms with Crippen molar-refractivity contribution in [1.29, 1.82) is 0 Å². The third-order valence-corrected chi connectivity index (χ3v) is 5.14. The van der Waals surface area contributed by atoms with Crippen LogP contribution in [0.4, 0.5) is 0 Å². The summed E-state index contributed by atoms with van der Waals surface area (Å²) in [7, 11) is 1.47. The van der Waals surface area contributed by atoms with Crippen LogP contribution in [0.3, 0.4) is 0 Å². The second-order valence-corrected chi connectivity index (χ2v) is 7.82. The maximum atomic E-state index is 12.2. The Balaban J connectivity index is 2.11. The number of hydrogen-bond donors (Lipinski definition) is 1. The summed E-state index contributed by atoms with van der Waals surface area (Å²) >= 11 is 0. The molecule has 1 aliphatic heterocycles. The topological polar surface area (TPSA) is 72.5 Å². The van der Waals surface area contributed by atoms with Gasteiger partial charge in [-0.25, -0.2) is 8.42 Å². The number of nitrogens with one attached hydrogen (secondary N) is 1. The van der Waals surface area contributed by atoms with Crippen molar-refractivity contribution in [3.8, 4) is 0 Å². The van der Waals surface area contributed by atoms with E-state index >= 15 is 0 Å². The molecule has 0 radical (unpaired) electrons. The Morgan fingerprint density at radius 2 is 2.19 bits per heavy atom. The Kier molecular flexibility index (Phi) is 4.91. The largest absolute Gasteiger partial charge is 0.378 e. The van der Waals surface area contributed by atoms with Crippen LogP contribution in [0, 0.1) is 12.8 Å². The normalized spacial score (nSPS) is 22.2. The molecule has 5 nitrogen and oxygen atoms in total. The average molecular weight is 332 g/mol. The summed E-state index contributed by atoms with van der Waals surface area (Å²) in [6.07, 6.45) is 1.04. The lowest BCUT2D eigenvalue weighted by Gasteiger charge is -2.15. The first kappa shape index (κ1) is 16.3. The number of aryl methyl sites for hydroxylation is 1. The molecular formula is C14H18ClNO4S. The van der Waals surface area contributed by atoms with Gasteiger partial charge in [0.05, 0.1) is 11.0 Å². The highest BCUT2D eigenvalue weighted by Gasteiger charge is 2.25. The summed E-state index contributed by atoms with van der Waals surface area (Å²) in [5.74, 6) is -0.0111. The molecule has 0 spiro atoms. The summed E-state index contributed by atoms with van der Waals surface area (Å²) in [6.45, 7) is 4.95. The molecule has 0 aromatic heterocycles. The van der Waals surface area contributed by atoms with Crippen molar-refractivity contribution in [1.82, 2.24) is 5.32 Å². The molecule has 1 amide bonds. The third-order valence-electron chi connectivity index (χ3n) is 3.79. The molecule has 1 aromatic carbocycles. The Bertz CT molecular complexity index is 644. The van der Waals surface area contributed by atoms with Gasteiger partial charge in [0.1, 0.15) is 0 Å². The molecule has 116 valence electrons. The van der Waals surface area contributed by atoms with Gasteiger partial charge in [0.15, 0.2) is 0 Å². The highest BCUT2D eigenvalue weighted by Crippen LogP contribution is 2.21. The lowest BCUT2D eigenvalue weighted by atomic mass is 10.0. The number of hydrogen-bond acceptors (Lipinski definition) is 4. The van der Waals surface area contributed by atoms with E-state index in [1.54, 1.807) is 13.0 Å². The van der Waals surface area contributed by atoms with Crippen LogP contribution < -0.4 is 5.32 Å². The van der Waals surface area contributed by atoms with Crippen molar-refractivity contribution in [3.05, 3.63) is 29.3 Å². The quantitative estimate of drug-likeness (QED) is 0.857. The molecular weight excluding hydrogens is 314 g/mol. The van der Waals surface area contributed by atoms with Crippen LogP contribution in [0.15, 0.2) is 23.1 Å². The monoisotopic (exact) mass is 331 g/mol. The van der Waals surface area contributed by atoms with Gasteiger partial charge in [0.25, 0.3) is 15.0 Å². The van der Waals surface area contributed by atoms with Crippen LogP contribution in [0.2, 0.25) is 0 Å². The fraction of sp³-hybridized carbons (Fsp3) is 0.500. The van der Waals surface area contributed by atoms with E-state index < -0.39 is 9.05 Å². The summed E-state index contributed by atoms with van der Waals surface area (Å²) in [6, 6.07) is 4.27. The molecule has 1 saturated heterocycles. The molecule has 2 atom stereocenters. The Labute approximate surface area is 129 Å². The molecule has 1 fully saturated rings. The molecule has 1 aliphatic rings. The van der Waals surface area contributed by atoms with E-state index in [9.17, 15) is 13.2 Å². The lowest BCUT2D eigenvalue weighted by Crippen LogP contribution is -2.32. The Morgan fingerprint density at radius 1 is 1.48 bits per heavy atom. The predicted molar refractivity (Wildman–Crippen MR) is 80.1 cm³/mol. The lowest BCUT2D eigenvalue weighted by molar-refractivity contribution is 0.0906. The number of benzene rings is 1. The first-order chi connectivity index (χ1) is 9.79. The first-order valence-corrected chi connectivity index (χ1v) is 9.05. The summed E-state index contributed by atoms with van der Waals surface area (Å²) in [4.78, 5) is 12.1. The van der Waals surface area contributed by atoms with Crippen LogP contribution in [-0.4, -0.2) is 33.6 Å². The van der Waals surface area contributed by atoms with E-state index in [0.717, 1.165) is 6.42 Å². The van der Waals surface area contributed by atoms with Gasteiger partial charge in [0.2, 0.25) is 0 Å². The summed E-state index contributed by atoms with van der Waals surface area (Å²) in [5.41, 5.74) is 1.02. The van der Waals surface area contributed by atoms with Gasteiger partial charge in [-0.3, -0.25) is 4.79 Å². The van der Waals surface area contributed by atoms with E-state index in [0.29, 0.717) is 24.3 Å². The number of amides is 1. The minimum atomic E-state index is -3.84. The molecule has 0 bridgehead atoms. The summed E-state index contributed by atoms with van der Waals surface area (Å²) < 4.78 is 28.1. The standard InChI is InChI=1S/C14H18ClNO4S/c1-9-3-4-12(21(15,18)19)7-13(9)14(17)16-8-11-5-6-20-10(11)2/h3-4,7,10-11H,5-6,8H2,1-2H3,(H,16,17). The van der Waals surface area contributed by atoms with Crippen molar-refractivity contribution >= 4 is 25.6 Å². The van der Waals surface area contributed by atoms with E-state index in [4.69, 9.17) is 15.4 Å². The van der Waals surface area contributed by atoms with Crippen LogP contribution >= 0.6 is 10.7 Å². The van der Waals surface area contributed by atoms with E-state index in [1.165, 1.54) is 12.1 Å². The first-order valence-electron chi connectivity index (χ1n) is 6.74. The van der Waals surface area contributed by atoms with E-state index in [-0.39, 0.29) is 22.8 Å². The SMILES string of the molecule is Cc1ccc(S(=O)(=O)Cl)cc1C(=O)NCC1CCOC1C. The van der Waals surface area contributed by atoms with Crippen molar-refractivity contribution in [3.63, 3.8) is 0 Å². The molecule has 0 saturated carbocycles. The highest BCUT2D eigenvalue weighted by molar-refractivity contribution is 8.13. The predicted octanol–water partition coefficient (Wildman–Crippen LogP) is 2.08. The number of halogens is 1. The number of carbonyl (C=O) groups excluding carboxylic acids is 1. The van der Waals surface area contributed by atoms with Crippen molar-refractivity contribution in [2.75, 3.05) is 13.2 Å². The van der Waals surface area contributed by atoms with Crippen molar-refractivity contribution in [2.45, 2.75) is 31.3 Å². The van der Waals surface area contributed by atoms with Crippen LogP contribution in [0.5, 0.6) is 0 Å². The maximum Gasteiger partial charge on any atom is 0.261 e. The van der Waals surface area contributed by atoms with Crippen LogP contribution in [-0.2, 0) is 13.8 Å². The zero-order valence-corrected chi connectivity index (χ0v) is 13.5. The molecule has 1 N–H and O–H groups in total. The smallest absolute Gasteiger partial charge is 0.261 e. The fourth-order valence-electron chi connectivity index (χ4n) is 2.36. The molecule has 2 rings (SSSR count). The van der Waals surface area contributed by atoms with Crippen molar-refractivity contribution in [2.24, 2.45) is 5.92 Å².